The molecule has 0 saturated heterocycles. The van der Waals surface area contributed by atoms with Gasteiger partial charge in [-0.1, -0.05) is 23.2 Å². The summed E-state index contributed by atoms with van der Waals surface area (Å²) >= 11 is 12.1. The average molecular weight is 350 g/mol. The van der Waals surface area contributed by atoms with Gasteiger partial charge in [0.2, 0.25) is 0 Å². The fourth-order valence-electron chi connectivity index (χ4n) is 2.17. The van der Waals surface area contributed by atoms with E-state index in [1.807, 2.05) is 6.92 Å². The van der Waals surface area contributed by atoms with Gasteiger partial charge in [-0.25, -0.2) is 0 Å². The van der Waals surface area contributed by atoms with Crippen LogP contribution in [0, 0.1) is 0 Å². The van der Waals surface area contributed by atoms with Crippen molar-refractivity contribution in [1.82, 2.24) is 5.32 Å². The Morgan fingerprint density at radius 3 is 2.74 bits per heavy atom. The fraction of sp³-hybridized carbons (Fsp3) is 0.118. The van der Waals surface area contributed by atoms with Crippen molar-refractivity contribution >= 4 is 29.1 Å². The number of carbonyl (C=O) groups is 1. The number of hydrogen-bond acceptors (Lipinski definition) is 3. The lowest BCUT2D eigenvalue weighted by Crippen LogP contribution is -2.25. The first-order chi connectivity index (χ1) is 11.0. The molecule has 3 aromatic rings. The number of rotatable bonds is 4. The van der Waals surface area contributed by atoms with Crippen LogP contribution in [0.15, 0.2) is 57.6 Å². The first kappa shape index (κ1) is 15.7. The van der Waals surface area contributed by atoms with Gasteiger partial charge in [0.15, 0.2) is 5.76 Å². The molecule has 0 fully saturated rings. The lowest BCUT2D eigenvalue weighted by atomic mass is 10.2. The molecule has 0 radical (unpaired) electrons. The van der Waals surface area contributed by atoms with Crippen LogP contribution in [0.2, 0.25) is 10.0 Å². The molecule has 0 unspecified atom stereocenters. The first-order valence-corrected chi connectivity index (χ1v) is 7.69. The molecule has 0 saturated carbocycles. The van der Waals surface area contributed by atoms with Gasteiger partial charge >= 0.3 is 0 Å². The number of hydrogen-bond donors (Lipinski definition) is 1. The Morgan fingerprint density at radius 1 is 1.17 bits per heavy atom. The van der Waals surface area contributed by atoms with E-state index in [-0.39, 0.29) is 17.7 Å². The summed E-state index contributed by atoms with van der Waals surface area (Å²) in [6.45, 7) is 1.83. The molecule has 118 valence electrons. The summed E-state index contributed by atoms with van der Waals surface area (Å²) in [6, 6.07) is 11.6. The van der Waals surface area contributed by atoms with Crippen molar-refractivity contribution in [3.8, 4) is 11.3 Å². The lowest BCUT2D eigenvalue weighted by molar-refractivity contribution is 0.0908. The minimum absolute atomic E-state index is 0.189. The lowest BCUT2D eigenvalue weighted by Gasteiger charge is -2.09. The van der Waals surface area contributed by atoms with Crippen molar-refractivity contribution in [2.24, 2.45) is 0 Å². The van der Waals surface area contributed by atoms with Gasteiger partial charge in [0.05, 0.1) is 17.3 Å². The van der Waals surface area contributed by atoms with Crippen LogP contribution in [0.1, 0.15) is 29.3 Å². The van der Waals surface area contributed by atoms with E-state index in [2.05, 4.69) is 5.32 Å². The Bertz CT molecular complexity index is 824. The van der Waals surface area contributed by atoms with Crippen LogP contribution in [0.3, 0.4) is 0 Å². The molecule has 3 rings (SSSR count). The molecule has 0 spiro atoms. The quantitative estimate of drug-likeness (QED) is 0.691. The molecular formula is C17H13Cl2NO3. The van der Waals surface area contributed by atoms with Gasteiger partial charge in [0.1, 0.15) is 11.5 Å². The number of benzene rings is 1. The van der Waals surface area contributed by atoms with E-state index in [0.29, 0.717) is 27.1 Å². The van der Waals surface area contributed by atoms with Crippen molar-refractivity contribution in [3.05, 3.63) is 70.3 Å². The summed E-state index contributed by atoms with van der Waals surface area (Å²) in [5.74, 6) is 1.00. The molecular weight excluding hydrogens is 337 g/mol. The minimum Gasteiger partial charge on any atom is -0.467 e. The molecule has 23 heavy (non-hydrogen) atoms. The molecule has 4 nitrogen and oxygen atoms in total. The number of nitrogens with one attached hydrogen (secondary N) is 1. The van der Waals surface area contributed by atoms with Crippen LogP contribution in [0.5, 0.6) is 0 Å². The molecule has 1 aromatic carbocycles. The number of furan rings is 2. The summed E-state index contributed by atoms with van der Waals surface area (Å²) in [5, 5.41) is 3.84. The Labute approximate surface area is 143 Å². The van der Waals surface area contributed by atoms with Crippen molar-refractivity contribution < 1.29 is 13.6 Å². The van der Waals surface area contributed by atoms with Crippen LogP contribution in [0.4, 0.5) is 0 Å². The maximum absolute atomic E-state index is 12.2. The van der Waals surface area contributed by atoms with Gasteiger partial charge in [0.25, 0.3) is 5.91 Å². The van der Waals surface area contributed by atoms with Gasteiger partial charge in [0, 0.05) is 10.6 Å². The largest absolute Gasteiger partial charge is 0.467 e. The minimum atomic E-state index is -0.335. The van der Waals surface area contributed by atoms with E-state index in [9.17, 15) is 4.79 Å². The monoisotopic (exact) mass is 349 g/mol. The molecule has 2 aromatic heterocycles. The summed E-state index contributed by atoms with van der Waals surface area (Å²) in [6.07, 6.45) is 1.56. The average Bonchev–Trinajstić information content (AvgIpc) is 3.20. The maximum Gasteiger partial charge on any atom is 0.287 e. The highest BCUT2D eigenvalue weighted by atomic mass is 35.5. The van der Waals surface area contributed by atoms with Crippen LogP contribution < -0.4 is 5.32 Å². The number of carbonyl (C=O) groups excluding carboxylic acids is 1. The highest BCUT2D eigenvalue weighted by Gasteiger charge is 2.17. The molecule has 0 bridgehead atoms. The predicted molar refractivity (Wildman–Crippen MR) is 88.8 cm³/mol. The molecule has 0 aliphatic heterocycles. The second-order valence-corrected chi connectivity index (χ2v) is 5.84. The van der Waals surface area contributed by atoms with E-state index in [4.69, 9.17) is 32.0 Å². The zero-order valence-corrected chi connectivity index (χ0v) is 13.7. The Morgan fingerprint density at radius 2 is 2.00 bits per heavy atom. The van der Waals surface area contributed by atoms with Gasteiger partial charge in [-0.3, -0.25) is 4.79 Å². The number of halogens is 2. The smallest absolute Gasteiger partial charge is 0.287 e. The van der Waals surface area contributed by atoms with Crippen molar-refractivity contribution in [2.75, 3.05) is 0 Å². The van der Waals surface area contributed by atoms with Gasteiger partial charge in [-0.05, 0) is 49.4 Å². The standard InChI is InChI=1S/C17H13Cl2NO3/c1-10(14-3-2-8-22-14)20-17(21)16-7-6-15(23-16)12-9-11(18)4-5-13(12)19/h2-10H,1H3,(H,20,21)/t10-/m1/s1. The number of amides is 1. The SMILES string of the molecule is C[C@@H](NC(=O)c1ccc(-c2cc(Cl)ccc2Cl)o1)c1ccco1. The van der Waals surface area contributed by atoms with E-state index in [0.717, 1.165) is 0 Å². The van der Waals surface area contributed by atoms with Crippen molar-refractivity contribution in [3.63, 3.8) is 0 Å². The third kappa shape index (κ3) is 3.44. The highest BCUT2D eigenvalue weighted by Crippen LogP contribution is 2.31. The van der Waals surface area contributed by atoms with Gasteiger partial charge in [-0.2, -0.15) is 0 Å². The van der Waals surface area contributed by atoms with E-state index >= 15 is 0 Å². The molecule has 6 heteroatoms. The molecule has 2 heterocycles. The van der Waals surface area contributed by atoms with Crippen LogP contribution in [-0.2, 0) is 0 Å². The second kappa shape index (κ2) is 6.52. The Balaban J connectivity index is 1.79. The summed E-state index contributed by atoms with van der Waals surface area (Å²) < 4.78 is 10.9. The van der Waals surface area contributed by atoms with Crippen LogP contribution in [0.25, 0.3) is 11.3 Å². The Hall–Kier alpha value is -2.17. The molecule has 0 aliphatic carbocycles. The molecule has 1 amide bonds. The summed E-state index contributed by atoms with van der Waals surface area (Å²) in [7, 11) is 0. The normalized spacial score (nSPS) is 12.1. The molecule has 1 atom stereocenters. The molecule has 0 aliphatic rings. The topological polar surface area (TPSA) is 55.4 Å². The third-order valence-corrected chi connectivity index (χ3v) is 3.91. The van der Waals surface area contributed by atoms with Gasteiger partial charge in [-0.15, -0.1) is 0 Å². The van der Waals surface area contributed by atoms with Crippen molar-refractivity contribution in [2.45, 2.75) is 13.0 Å². The molecule has 1 N–H and O–H groups in total. The van der Waals surface area contributed by atoms with E-state index in [1.54, 1.807) is 48.7 Å². The zero-order chi connectivity index (χ0) is 16.4. The van der Waals surface area contributed by atoms with Crippen LogP contribution >= 0.6 is 23.2 Å². The zero-order valence-electron chi connectivity index (χ0n) is 12.2. The fourth-order valence-corrected chi connectivity index (χ4v) is 2.55. The van der Waals surface area contributed by atoms with E-state index in [1.165, 1.54) is 0 Å². The highest BCUT2D eigenvalue weighted by molar-refractivity contribution is 6.35. The first-order valence-electron chi connectivity index (χ1n) is 6.94. The summed E-state index contributed by atoms with van der Waals surface area (Å²) in [5.41, 5.74) is 0.636. The Kier molecular flexibility index (Phi) is 4.46. The second-order valence-electron chi connectivity index (χ2n) is 5.00. The van der Waals surface area contributed by atoms with E-state index < -0.39 is 0 Å². The van der Waals surface area contributed by atoms with Crippen molar-refractivity contribution in [1.29, 1.82) is 0 Å². The van der Waals surface area contributed by atoms with Crippen LogP contribution in [-0.4, -0.2) is 5.91 Å². The predicted octanol–water partition coefficient (Wildman–Crippen LogP) is 5.34. The summed E-state index contributed by atoms with van der Waals surface area (Å²) in [4.78, 5) is 12.2. The van der Waals surface area contributed by atoms with Gasteiger partial charge < -0.3 is 14.2 Å². The maximum atomic E-state index is 12.2. The third-order valence-electron chi connectivity index (χ3n) is 3.34.